The third kappa shape index (κ3) is 4.60. The van der Waals surface area contributed by atoms with Gasteiger partial charge in [0, 0.05) is 25.1 Å². The molecule has 3 rings (SSSR count). The number of hydrogen-bond donors (Lipinski definition) is 2. The van der Waals surface area contributed by atoms with E-state index in [1.807, 2.05) is 18.2 Å². The van der Waals surface area contributed by atoms with Gasteiger partial charge in [0.2, 0.25) is 0 Å². The maximum Gasteiger partial charge on any atom is 0.138 e. The quantitative estimate of drug-likeness (QED) is 0.765. The molecule has 0 aromatic heterocycles. The highest BCUT2D eigenvalue weighted by Crippen LogP contribution is 2.35. The Morgan fingerprint density at radius 2 is 2.04 bits per heavy atom. The lowest BCUT2D eigenvalue weighted by Crippen LogP contribution is -2.40. The molecule has 1 unspecified atom stereocenters. The number of benzene rings is 1. The minimum atomic E-state index is 0.00603. The van der Waals surface area contributed by atoms with Gasteiger partial charge in [0.25, 0.3) is 0 Å². The zero-order valence-electron chi connectivity index (χ0n) is 13.6. The number of aliphatic hydroxyl groups excluding tert-OH is 1. The molecule has 1 aromatic rings. The van der Waals surface area contributed by atoms with Crippen LogP contribution in [0.2, 0.25) is 5.02 Å². The number of aliphatic hydroxyl groups is 1. The Kier molecular flexibility index (Phi) is 5.81. The first-order valence-electron chi connectivity index (χ1n) is 8.72. The molecule has 1 heterocycles. The third-order valence-electron chi connectivity index (χ3n) is 4.83. The molecule has 5 heteroatoms. The van der Waals surface area contributed by atoms with Crippen molar-refractivity contribution in [3.05, 3.63) is 28.8 Å². The van der Waals surface area contributed by atoms with E-state index in [-0.39, 0.29) is 18.6 Å². The highest BCUT2D eigenvalue weighted by atomic mass is 35.5. The predicted molar refractivity (Wildman–Crippen MR) is 93.2 cm³/mol. The molecular weight excluding hydrogens is 312 g/mol. The van der Waals surface area contributed by atoms with E-state index in [0.29, 0.717) is 17.5 Å². The first-order chi connectivity index (χ1) is 11.2. The Balaban J connectivity index is 1.69. The van der Waals surface area contributed by atoms with E-state index < -0.39 is 0 Å². The standard InChI is InChI=1S/C18H27ClN2O2/c19-16-11-13(3-6-18(16)23-14-4-5-14)15(7-10-22)17(20)12-21-8-1-2-9-21/h3,6,11,14-15,17,22H,1-2,4-5,7-10,12,20H2/t15?,17-/m1/s1. The molecule has 1 aromatic carbocycles. The van der Waals surface area contributed by atoms with Crippen LogP contribution in [0.5, 0.6) is 5.75 Å². The summed E-state index contributed by atoms with van der Waals surface area (Å²) in [6.45, 7) is 3.28. The second kappa shape index (κ2) is 7.84. The molecule has 0 bridgehead atoms. The average molecular weight is 339 g/mol. The van der Waals surface area contributed by atoms with Gasteiger partial charge < -0.3 is 20.5 Å². The van der Waals surface area contributed by atoms with Crippen molar-refractivity contribution >= 4 is 11.6 Å². The smallest absolute Gasteiger partial charge is 0.138 e. The number of hydrogen-bond acceptors (Lipinski definition) is 4. The van der Waals surface area contributed by atoms with E-state index in [4.69, 9.17) is 22.1 Å². The molecule has 3 N–H and O–H groups in total. The first-order valence-corrected chi connectivity index (χ1v) is 9.10. The summed E-state index contributed by atoms with van der Waals surface area (Å²) >= 11 is 6.38. The molecule has 2 atom stereocenters. The van der Waals surface area contributed by atoms with E-state index in [1.54, 1.807) is 0 Å². The number of likely N-dealkylation sites (tertiary alicyclic amines) is 1. The van der Waals surface area contributed by atoms with E-state index in [0.717, 1.165) is 43.8 Å². The molecule has 4 nitrogen and oxygen atoms in total. The summed E-state index contributed by atoms with van der Waals surface area (Å²) in [4.78, 5) is 2.42. The summed E-state index contributed by atoms with van der Waals surface area (Å²) in [7, 11) is 0. The number of nitrogens with two attached hydrogens (primary N) is 1. The molecule has 128 valence electrons. The van der Waals surface area contributed by atoms with Gasteiger partial charge in [-0.2, -0.15) is 0 Å². The largest absolute Gasteiger partial charge is 0.489 e. The normalized spacial score (nSPS) is 21.3. The van der Waals surface area contributed by atoms with Crippen molar-refractivity contribution in [1.82, 2.24) is 4.90 Å². The van der Waals surface area contributed by atoms with E-state index in [2.05, 4.69) is 4.90 Å². The van der Waals surface area contributed by atoms with Crippen LogP contribution >= 0.6 is 11.6 Å². The van der Waals surface area contributed by atoms with E-state index >= 15 is 0 Å². The lowest BCUT2D eigenvalue weighted by atomic mass is 9.89. The highest BCUT2D eigenvalue weighted by Gasteiger charge is 2.26. The van der Waals surface area contributed by atoms with Gasteiger partial charge in [-0.3, -0.25) is 0 Å². The minimum Gasteiger partial charge on any atom is -0.489 e. The van der Waals surface area contributed by atoms with Crippen LogP contribution < -0.4 is 10.5 Å². The molecular formula is C18H27ClN2O2. The van der Waals surface area contributed by atoms with Gasteiger partial charge in [0.15, 0.2) is 0 Å². The fraction of sp³-hybridized carbons (Fsp3) is 0.667. The minimum absolute atomic E-state index is 0.00603. The summed E-state index contributed by atoms with van der Waals surface area (Å²) in [5, 5.41) is 10.1. The molecule has 0 amide bonds. The second-order valence-electron chi connectivity index (χ2n) is 6.80. The van der Waals surface area contributed by atoms with Gasteiger partial charge in [-0.15, -0.1) is 0 Å². The van der Waals surface area contributed by atoms with Crippen LogP contribution in [0, 0.1) is 0 Å². The van der Waals surface area contributed by atoms with Crippen LogP contribution in [0.3, 0.4) is 0 Å². The van der Waals surface area contributed by atoms with Crippen molar-refractivity contribution in [2.45, 2.75) is 50.2 Å². The number of ether oxygens (including phenoxy) is 1. The molecule has 1 saturated carbocycles. The van der Waals surface area contributed by atoms with Crippen LogP contribution in [0.1, 0.15) is 43.6 Å². The summed E-state index contributed by atoms with van der Waals surface area (Å²) < 4.78 is 5.80. The zero-order chi connectivity index (χ0) is 16.2. The summed E-state index contributed by atoms with van der Waals surface area (Å²) in [5.74, 6) is 0.877. The third-order valence-corrected chi connectivity index (χ3v) is 5.12. The molecule has 2 fully saturated rings. The number of halogens is 1. The summed E-state index contributed by atoms with van der Waals surface area (Å²) in [5.41, 5.74) is 7.56. The van der Waals surface area contributed by atoms with Gasteiger partial charge in [0.05, 0.1) is 11.1 Å². The van der Waals surface area contributed by atoms with Gasteiger partial charge in [-0.05, 0) is 62.9 Å². The van der Waals surface area contributed by atoms with Crippen molar-refractivity contribution in [3.63, 3.8) is 0 Å². The zero-order valence-corrected chi connectivity index (χ0v) is 14.3. The Bertz CT molecular complexity index is 516. The van der Waals surface area contributed by atoms with Gasteiger partial charge in [0.1, 0.15) is 5.75 Å². The lowest BCUT2D eigenvalue weighted by Gasteiger charge is -2.28. The fourth-order valence-corrected chi connectivity index (χ4v) is 3.60. The maximum atomic E-state index is 9.43. The molecule has 0 spiro atoms. The summed E-state index contributed by atoms with van der Waals surface area (Å²) in [6, 6.07) is 5.96. The number of rotatable bonds is 8. The molecule has 2 aliphatic rings. The fourth-order valence-electron chi connectivity index (χ4n) is 3.37. The van der Waals surface area contributed by atoms with E-state index in [1.165, 1.54) is 12.8 Å². The SMILES string of the molecule is N[C@H](CN1CCCC1)C(CCO)c1ccc(OC2CC2)c(Cl)c1. The lowest BCUT2D eigenvalue weighted by molar-refractivity contribution is 0.245. The molecule has 1 saturated heterocycles. The Morgan fingerprint density at radius 3 is 2.65 bits per heavy atom. The summed E-state index contributed by atoms with van der Waals surface area (Å²) in [6.07, 6.45) is 5.75. The van der Waals surface area contributed by atoms with E-state index in [9.17, 15) is 5.11 Å². The molecule has 1 aliphatic heterocycles. The maximum absolute atomic E-state index is 9.43. The van der Waals surface area contributed by atoms with Crippen molar-refractivity contribution in [3.8, 4) is 5.75 Å². The molecule has 23 heavy (non-hydrogen) atoms. The van der Waals surface area contributed by atoms with Crippen molar-refractivity contribution < 1.29 is 9.84 Å². The van der Waals surface area contributed by atoms with Gasteiger partial charge >= 0.3 is 0 Å². The Morgan fingerprint density at radius 1 is 1.30 bits per heavy atom. The molecule has 0 radical (unpaired) electrons. The van der Waals surface area contributed by atoms with Crippen LogP contribution in [0.15, 0.2) is 18.2 Å². The van der Waals surface area contributed by atoms with Gasteiger partial charge in [-0.1, -0.05) is 17.7 Å². The van der Waals surface area contributed by atoms with Crippen LogP contribution in [0.25, 0.3) is 0 Å². The average Bonchev–Trinajstić information content (AvgIpc) is 3.21. The van der Waals surface area contributed by atoms with Gasteiger partial charge in [-0.25, -0.2) is 0 Å². The molecule has 1 aliphatic carbocycles. The van der Waals surface area contributed by atoms with Crippen molar-refractivity contribution in [2.24, 2.45) is 5.73 Å². The Hall–Kier alpha value is -0.810. The number of nitrogens with zero attached hydrogens (tertiary/aromatic N) is 1. The predicted octanol–water partition coefficient (Wildman–Crippen LogP) is 2.77. The van der Waals surface area contributed by atoms with Crippen LogP contribution in [-0.2, 0) is 0 Å². The Labute approximate surface area is 143 Å². The van der Waals surface area contributed by atoms with Crippen molar-refractivity contribution in [1.29, 1.82) is 0 Å². The highest BCUT2D eigenvalue weighted by molar-refractivity contribution is 6.32. The van der Waals surface area contributed by atoms with Crippen LogP contribution in [-0.4, -0.2) is 48.4 Å². The van der Waals surface area contributed by atoms with Crippen LogP contribution in [0.4, 0.5) is 0 Å². The van der Waals surface area contributed by atoms with Crippen molar-refractivity contribution in [2.75, 3.05) is 26.2 Å². The monoisotopic (exact) mass is 338 g/mol. The second-order valence-corrected chi connectivity index (χ2v) is 7.20. The topological polar surface area (TPSA) is 58.7 Å². The first kappa shape index (κ1) is 17.0.